The smallest absolute Gasteiger partial charge is 0.399 e. The molecule has 2 saturated heterocycles. The lowest BCUT2D eigenvalue weighted by Crippen LogP contribution is -2.41. The molecule has 21 heavy (non-hydrogen) atoms. The monoisotopic (exact) mass is 288 g/mol. The summed E-state index contributed by atoms with van der Waals surface area (Å²) in [5, 5.41) is 0. The molecule has 0 bridgehead atoms. The van der Waals surface area contributed by atoms with Gasteiger partial charge < -0.3 is 14.0 Å². The minimum Gasteiger partial charge on any atom is -0.399 e. The lowest BCUT2D eigenvalue weighted by Gasteiger charge is -2.32. The van der Waals surface area contributed by atoms with E-state index < -0.39 is 0 Å². The molecule has 114 valence electrons. The standard InChI is InChI=1S/C17H25BO3/c1-16(2)17(3,4)21-18(20-16)14-9-7-13(8-10-14)12-15-6-5-11-19-15/h7-10,15H,5-6,11-12H2,1-4H3. The molecule has 0 radical (unpaired) electrons. The van der Waals surface area contributed by atoms with E-state index in [2.05, 4.69) is 52.0 Å². The first-order valence-electron chi connectivity index (χ1n) is 7.93. The normalized spacial score (nSPS) is 27.2. The van der Waals surface area contributed by atoms with Gasteiger partial charge in [0.2, 0.25) is 0 Å². The summed E-state index contributed by atoms with van der Waals surface area (Å²) in [6.07, 6.45) is 3.77. The van der Waals surface area contributed by atoms with E-state index in [-0.39, 0.29) is 18.3 Å². The number of rotatable bonds is 3. The van der Waals surface area contributed by atoms with Crippen LogP contribution in [-0.4, -0.2) is 31.0 Å². The Morgan fingerprint density at radius 3 is 2.19 bits per heavy atom. The first kappa shape index (κ1) is 15.1. The van der Waals surface area contributed by atoms with Crippen LogP contribution in [0.25, 0.3) is 0 Å². The van der Waals surface area contributed by atoms with Crippen LogP contribution in [0, 0.1) is 0 Å². The predicted molar refractivity (Wildman–Crippen MR) is 84.8 cm³/mol. The lowest BCUT2D eigenvalue weighted by molar-refractivity contribution is 0.00578. The Hall–Kier alpha value is -0.835. The Morgan fingerprint density at radius 2 is 1.67 bits per heavy atom. The lowest BCUT2D eigenvalue weighted by atomic mass is 9.78. The molecule has 0 aliphatic carbocycles. The van der Waals surface area contributed by atoms with Crippen LogP contribution in [0.4, 0.5) is 0 Å². The molecule has 1 aromatic carbocycles. The molecule has 1 atom stereocenters. The molecular formula is C17H25BO3. The van der Waals surface area contributed by atoms with Gasteiger partial charge in [0.05, 0.1) is 17.3 Å². The van der Waals surface area contributed by atoms with E-state index in [1.165, 1.54) is 18.4 Å². The third kappa shape index (κ3) is 3.03. The molecule has 2 heterocycles. The molecular weight excluding hydrogens is 263 g/mol. The summed E-state index contributed by atoms with van der Waals surface area (Å²) in [6, 6.07) is 8.57. The van der Waals surface area contributed by atoms with Gasteiger partial charge in [-0.15, -0.1) is 0 Å². The van der Waals surface area contributed by atoms with Gasteiger partial charge in [0.25, 0.3) is 0 Å². The highest BCUT2D eigenvalue weighted by Crippen LogP contribution is 2.36. The summed E-state index contributed by atoms with van der Waals surface area (Å²) in [7, 11) is -0.271. The Labute approximate surface area is 128 Å². The van der Waals surface area contributed by atoms with Gasteiger partial charge in [0.15, 0.2) is 0 Å². The first-order chi connectivity index (χ1) is 9.87. The summed E-state index contributed by atoms with van der Waals surface area (Å²) in [4.78, 5) is 0. The van der Waals surface area contributed by atoms with Gasteiger partial charge in [-0.05, 0) is 58.0 Å². The Kier molecular flexibility index (Phi) is 3.89. The molecule has 4 heteroatoms. The van der Waals surface area contributed by atoms with Crippen LogP contribution >= 0.6 is 0 Å². The van der Waals surface area contributed by atoms with E-state index in [4.69, 9.17) is 14.0 Å². The van der Waals surface area contributed by atoms with Crippen molar-refractivity contribution in [2.45, 2.75) is 64.3 Å². The highest BCUT2D eigenvalue weighted by atomic mass is 16.7. The van der Waals surface area contributed by atoms with Crippen LogP contribution in [0.1, 0.15) is 46.1 Å². The molecule has 0 N–H and O–H groups in total. The second kappa shape index (κ2) is 5.42. The van der Waals surface area contributed by atoms with Gasteiger partial charge in [-0.25, -0.2) is 0 Å². The average molecular weight is 288 g/mol. The molecule has 0 spiro atoms. The molecule has 0 saturated carbocycles. The number of ether oxygens (including phenoxy) is 1. The quantitative estimate of drug-likeness (QED) is 0.800. The minimum atomic E-state index is -0.284. The third-order valence-electron chi connectivity index (χ3n) is 4.99. The molecule has 1 unspecified atom stereocenters. The van der Waals surface area contributed by atoms with E-state index in [0.717, 1.165) is 18.5 Å². The maximum atomic E-state index is 6.08. The largest absolute Gasteiger partial charge is 0.494 e. The molecule has 0 amide bonds. The van der Waals surface area contributed by atoms with E-state index in [9.17, 15) is 0 Å². The Morgan fingerprint density at radius 1 is 1.05 bits per heavy atom. The van der Waals surface area contributed by atoms with Crippen LogP contribution in [0.5, 0.6) is 0 Å². The molecule has 3 rings (SSSR count). The van der Waals surface area contributed by atoms with E-state index in [1.807, 2.05) is 0 Å². The molecule has 0 aromatic heterocycles. The van der Waals surface area contributed by atoms with Crippen LogP contribution in [0.15, 0.2) is 24.3 Å². The van der Waals surface area contributed by atoms with Gasteiger partial charge in [-0.3, -0.25) is 0 Å². The fourth-order valence-electron chi connectivity index (χ4n) is 2.86. The highest BCUT2D eigenvalue weighted by molar-refractivity contribution is 6.62. The van der Waals surface area contributed by atoms with Crippen LogP contribution < -0.4 is 5.46 Å². The maximum Gasteiger partial charge on any atom is 0.494 e. The van der Waals surface area contributed by atoms with Crippen molar-refractivity contribution in [1.29, 1.82) is 0 Å². The van der Waals surface area contributed by atoms with Crippen molar-refractivity contribution in [1.82, 2.24) is 0 Å². The van der Waals surface area contributed by atoms with Gasteiger partial charge in [0, 0.05) is 6.61 Å². The van der Waals surface area contributed by atoms with Crippen molar-refractivity contribution in [3.8, 4) is 0 Å². The van der Waals surface area contributed by atoms with E-state index in [1.54, 1.807) is 0 Å². The Bertz CT molecular complexity index is 473. The minimum absolute atomic E-state index is 0.271. The molecule has 2 aliphatic heterocycles. The molecule has 2 fully saturated rings. The summed E-state index contributed by atoms with van der Waals surface area (Å²) < 4.78 is 17.8. The van der Waals surface area contributed by atoms with Crippen molar-refractivity contribution >= 4 is 12.6 Å². The third-order valence-corrected chi connectivity index (χ3v) is 4.99. The van der Waals surface area contributed by atoms with Gasteiger partial charge in [-0.1, -0.05) is 24.3 Å². The van der Waals surface area contributed by atoms with Crippen molar-refractivity contribution in [2.75, 3.05) is 6.61 Å². The van der Waals surface area contributed by atoms with Crippen LogP contribution in [0.2, 0.25) is 0 Å². The average Bonchev–Trinajstić information content (AvgIpc) is 2.97. The van der Waals surface area contributed by atoms with Crippen molar-refractivity contribution < 1.29 is 14.0 Å². The number of benzene rings is 1. The highest BCUT2D eigenvalue weighted by Gasteiger charge is 2.51. The summed E-state index contributed by atoms with van der Waals surface area (Å²) >= 11 is 0. The first-order valence-corrected chi connectivity index (χ1v) is 7.93. The van der Waals surface area contributed by atoms with Crippen molar-refractivity contribution in [3.63, 3.8) is 0 Å². The summed E-state index contributed by atoms with van der Waals surface area (Å²) in [6.45, 7) is 9.24. The summed E-state index contributed by atoms with van der Waals surface area (Å²) in [5.74, 6) is 0. The number of hydrogen-bond donors (Lipinski definition) is 0. The van der Waals surface area contributed by atoms with Crippen LogP contribution in [0.3, 0.4) is 0 Å². The Balaban J connectivity index is 1.67. The van der Waals surface area contributed by atoms with Gasteiger partial charge >= 0.3 is 7.12 Å². The van der Waals surface area contributed by atoms with E-state index in [0.29, 0.717) is 6.10 Å². The SMILES string of the molecule is CC1(C)OB(c2ccc(CC3CCCO3)cc2)OC1(C)C. The zero-order chi connectivity index (χ0) is 15.1. The fraction of sp³-hybridized carbons (Fsp3) is 0.647. The van der Waals surface area contributed by atoms with Gasteiger partial charge in [0.1, 0.15) is 0 Å². The second-order valence-electron chi connectivity index (χ2n) is 7.17. The summed E-state index contributed by atoms with van der Waals surface area (Å²) in [5.41, 5.74) is 1.84. The molecule has 3 nitrogen and oxygen atoms in total. The second-order valence-corrected chi connectivity index (χ2v) is 7.17. The maximum absolute atomic E-state index is 6.08. The topological polar surface area (TPSA) is 27.7 Å². The fourth-order valence-corrected chi connectivity index (χ4v) is 2.86. The molecule has 1 aromatic rings. The van der Waals surface area contributed by atoms with Crippen LogP contribution in [-0.2, 0) is 20.5 Å². The molecule has 2 aliphatic rings. The van der Waals surface area contributed by atoms with Crippen molar-refractivity contribution in [2.24, 2.45) is 0 Å². The zero-order valence-corrected chi connectivity index (χ0v) is 13.5. The van der Waals surface area contributed by atoms with Gasteiger partial charge in [-0.2, -0.15) is 0 Å². The zero-order valence-electron chi connectivity index (χ0n) is 13.5. The number of hydrogen-bond acceptors (Lipinski definition) is 3. The van der Waals surface area contributed by atoms with Crippen molar-refractivity contribution in [3.05, 3.63) is 29.8 Å². The predicted octanol–water partition coefficient (Wildman–Crippen LogP) is 2.71. The van der Waals surface area contributed by atoms with E-state index >= 15 is 0 Å².